The van der Waals surface area contributed by atoms with Crippen molar-refractivity contribution in [3.63, 3.8) is 0 Å². The number of hydrogen-bond acceptors (Lipinski definition) is 4. The minimum atomic E-state index is -0.880. The Morgan fingerprint density at radius 2 is 1.55 bits per heavy atom. The zero-order valence-electron chi connectivity index (χ0n) is 12.7. The van der Waals surface area contributed by atoms with Gasteiger partial charge in [0.25, 0.3) is 5.78 Å². The molecule has 2 aromatic carbocycles. The van der Waals surface area contributed by atoms with Gasteiger partial charge in [-0.15, -0.1) is 0 Å². The monoisotopic (exact) mass is 298 g/mol. The summed E-state index contributed by atoms with van der Waals surface area (Å²) in [6, 6.07) is 14.9. The second kappa shape index (κ2) is 7.41. The SMILES string of the molecule is Cc1cccc(C)c1OCC(=O)C(=O)OCc1ccccc1. The van der Waals surface area contributed by atoms with E-state index in [1.165, 1.54) is 0 Å². The lowest BCUT2D eigenvalue weighted by Crippen LogP contribution is -2.24. The van der Waals surface area contributed by atoms with Gasteiger partial charge < -0.3 is 9.47 Å². The first-order valence-corrected chi connectivity index (χ1v) is 7.01. The van der Waals surface area contributed by atoms with Crippen LogP contribution in [0.2, 0.25) is 0 Å². The Bertz CT molecular complexity index is 642. The van der Waals surface area contributed by atoms with Gasteiger partial charge in [-0.2, -0.15) is 0 Å². The molecule has 0 saturated heterocycles. The number of benzene rings is 2. The van der Waals surface area contributed by atoms with E-state index < -0.39 is 11.8 Å². The van der Waals surface area contributed by atoms with Crippen molar-refractivity contribution in [1.82, 2.24) is 0 Å². The van der Waals surface area contributed by atoms with E-state index in [1.54, 1.807) is 0 Å². The van der Waals surface area contributed by atoms with E-state index in [1.807, 2.05) is 62.4 Å². The van der Waals surface area contributed by atoms with E-state index >= 15 is 0 Å². The van der Waals surface area contributed by atoms with Crippen LogP contribution < -0.4 is 4.74 Å². The van der Waals surface area contributed by atoms with Crippen molar-refractivity contribution in [2.75, 3.05) is 6.61 Å². The van der Waals surface area contributed by atoms with Crippen molar-refractivity contribution < 1.29 is 19.1 Å². The topological polar surface area (TPSA) is 52.6 Å². The molecule has 0 aliphatic carbocycles. The minimum absolute atomic E-state index is 0.0782. The molecule has 4 nitrogen and oxygen atoms in total. The molecular formula is C18H18O4. The smallest absolute Gasteiger partial charge is 0.378 e. The van der Waals surface area contributed by atoms with Gasteiger partial charge in [0, 0.05) is 0 Å². The molecule has 0 saturated carbocycles. The Morgan fingerprint density at radius 3 is 2.18 bits per heavy atom. The summed E-state index contributed by atoms with van der Waals surface area (Å²) in [7, 11) is 0. The molecule has 0 aromatic heterocycles. The molecule has 0 aliphatic heterocycles. The Balaban J connectivity index is 1.85. The summed E-state index contributed by atoms with van der Waals surface area (Å²) in [4.78, 5) is 23.4. The van der Waals surface area contributed by atoms with Crippen LogP contribution in [0.5, 0.6) is 5.75 Å². The second-order valence-electron chi connectivity index (χ2n) is 4.99. The van der Waals surface area contributed by atoms with Gasteiger partial charge in [-0.25, -0.2) is 4.79 Å². The number of hydrogen-bond donors (Lipinski definition) is 0. The van der Waals surface area contributed by atoms with Crippen LogP contribution in [0, 0.1) is 13.8 Å². The minimum Gasteiger partial charge on any atom is -0.485 e. The van der Waals surface area contributed by atoms with Crippen LogP contribution in [0.25, 0.3) is 0 Å². The highest BCUT2D eigenvalue weighted by atomic mass is 16.5. The summed E-state index contributed by atoms with van der Waals surface area (Å²) in [5.74, 6) is -0.944. The maximum atomic E-state index is 11.8. The van der Waals surface area contributed by atoms with Gasteiger partial charge in [0.2, 0.25) is 0 Å². The number of aryl methyl sites for hydroxylation is 2. The van der Waals surface area contributed by atoms with Gasteiger partial charge in [0.15, 0.2) is 6.61 Å². The van der Waals surface area contributed by atoms with Gasteiger partial charge in [-0.1, -0.05) is 48.5 Å². The first-order chi connectivity index (χ1) is 10.6. The fourth-order valence-electron chi connectivity index (χ4n) is 2.03. The molecule has 0 radical (unpaired) electrons. The Kier molecular flexibility index (Phi) is 5.31. The van der Waals surface area contributed by atoms with E-state index in [9.17, 15) is 9.59 Å². The van der Waals surface area contributed by atoms with Crippen molar-refractivity contribution in [3.8, 4) is 5.75 Å². The van der Waals surface area contributed by atoms with Crippen molar-refractivity contribution >= 4 is 11.8 Å². The van der Waals surface area contributed by atoms with E-state index in [0.717, 1.165) is 16.7 Å². The van der Waals surface area contributed by atoms with Crippen molar-refractivity contribution in [2.24, 2.45) is 0 Å². The molecule has 0 bridgehead atoms. The molecule has 0 spiro atoms. The van der Waals surface area contributed by atoms with Gasteiger partial charge in [-0.05, 0) is 30.5 Å². The van der Waals surface area contributed by atoms with Crippen LogP contribution in [0.1, 0.15) is 16.7 Å². The molecule has 0 atom stereocenters. The Labute approximate surface area is 129 Å². The van der Waals surface area contributed by atoms with Crippen LogP contribution >= 0.6 is 0 Å². The normalized spacial score (nSPS) is 10.1. The predicted octanol–water partition coefficient (Wildman–Crippen LogP) is 2.99. The summed E-state index contributed by atoms with van der Waals surface area (Å²) in [5.41, 5.74) is 2.68. The molecule has 2 rings (SSSR count). The zero-order chi connectivity index (χ0) is 15.9. The lowest BCUT2D eigenvalue weighted by atomic mass is 10.1. The van der Waals surface area contributed by atoms with Crippen LogP contribution in [-0.4, -0.2) is 18.4 Å². The molecule has 0 amide bonds. The van der Waals surface area contributed by atoms with Gasteiger partial charge in [0.1, 0.15) is 12.4 Å². The van der Waals surface area contributed by atoms with Gasteiger partial charge in [0.05, 0.1) is 0 Å². The maximum absolute atomic E-state index is 11.8. The maximum Gasteiger partial charge on any atom is 0.378 e. The number of para-hydroxylation sites is 1. The predicted molar refractivity (Wildman–Crippen MR) is 82.7 cm³/mol. The number of ether oxygens (including phenoxy) is 2. The molecular weight excluding hydrogens is 280 g/mol. The molecule has 114 valence electrons. The average Bonchev–Trinajstić information content (AvgIpc) is 2.53. The van der Waals surface area contributed by atoms with Crippen LogP contribution in [-0.2, 0) is 20.9 Å². The fourth-order valence-corrected chi connectivity index (χ4v) is 2.03. The molecule has 4 heteroatoms. The van der Waals surface area contributed by atoms with Crippen LogP contribution in [0.15, 0.2) is 48.5 Å². The van der Waals surface area contributed by atoms with Crippen LogP contribution in [0.4, 0.5) is 0 Å². The van der Waals surface area contributed by atoms with E-state index in [4.69, 9.17) is 9.47 Å². The molecule has 0 fully saturated rings. The van der Waals surface area contributed by atoms with Crippen molar-refractivity contribution in [1.29, 1.82) is 0 Å². The molecule has 22 heavy (non-hydrogen) atoms. The average molecular weight is 298 g/mol. The number of esters is 1. The first-order valence-electron chi connectivity index (χ1n) is 7.01. The Hall–Kier alpha value is -2.62. The van der Waals surface area contributed by atoms with E-state index in [-0.39, 0.29) is 13.2 Å². The molecule has 0 aliphatic rings. The number of carbonyl (C=O) groups is 2. The fraction of sp³-hybridized carbons (Fsp3) is 0.222. The van der Waals surface area contributed by atoms with E-state index in [2.05, 4.69) is 0 Å². The molecule has 0 unspecified atom stereocenters. The highest BCUT2D eigenvalue weighted by Gasteiger charge is 2.17. The van der Waals surface area contributed by atoms with Crippen LogP contribution in [0.3, 0.4) is 0 Å². The van der Waals surface area contributed by atoms with Gasteiger partial charge >= 0.3 is 5.97 Å². The summed E-state index contributed by atoms with van der Waals surface area (Å²) < 4.78 is 10.4. The number of Topliss-reactive ketones (excluding diaryl/α,β-unsaturated/α-hetero) is 1. The lowest BCUT2D eigenvalue weighted by molar-refractivity contribution is -0.155. The third-order valence-electron chi connectivity index (χ3n) is 3.20. The van der Waals surface area contributed by atoms with Crippen molar-refractivity contribution in [3.05, 3.63) is 65.2 Å². The quantitative estimate of drug-likeness (QED) is 0.607. The zero-order valence-corrected chi connectivity index (χ0v) is 12.7. The Morgan fingerprint density at radius 1 is 0.909 bits per heavy atom. The van der Waals surface area contributed by atoms with E-state index in [0.29, 0.717) is 5.75 Å². The summed E-state index contributed by atoms with van der Waals surface area (Å²) in [5, 5.41) is 0. The largest absolute Gasteiger partial charge is 0.485 e. The highest BCUT2D eigenvalue weighted by Crippen LogP contribution is 2.22. The summed E-state index contributed by atoms with van der Waals surface area (Å²) in [6.07, 6.45) is 0. The third kappa shape index (κ3) is 4.19. The number of carbonyl (C=O) groups excluding carboxylic acids is 2. The highest BCUT2D eigenvalue weighted by molar-refractivity contribution is 6.34. The van der Waals surface area contributed by atoms with Gasteiger partial charge in [-0.3, -0.25) is 4.79 Å². The number of ketones is 1. The molecule has 0 N–H and O–H groups in total. The summed E-state index contributed by atoms with van der Waals surface area (Å²) >= 11 is 0. The first kappa shape index (κ1) is 15.8. The number of rotatable bonds is 6. The second-order valence-corrected chi connectivity index (χ2v) is 4.99. The standard InChI is InChI=1S/C18H18O4/c1-13-7-6-8-14(2)17(13)21-12-16(19)18(20)22-11-15-9-4-3-5-10-15/h3-10H,11-12H2,1-2H3. The lowest BCUT2D eigenvalue weighted by Gasteiger charge is -2.11. The summed E-state index contributed by atoms with van der Waals surface area (Å²) in [6.45, 7) is 3.54. The third-order valence-corrected chi connectivity index (χ3v) is 3.20. The van der Waals surface area contributed by atoms with Crippen molar-refractivity contribution in [2.45, 2.75) is 20.5 Å². The molecule has 2 aromatic rings. The molecule has 0 heterocycles.